The summed E-state index contributed by atoms with van der Waals surface area (Å²) in [6.07, 6.45) is 6.06. The summed E-state index contributed by atoms with van der Waals surface area (Å²) in [7, 11) is 1.49. The van der Waals surface area contributed by atoms with Crippen molar-refractivity contribution in [2.75, 3.05) is 7.11 Å². The Bertz CT molecular complexity index is 278. The molecule has 0 aromatic carbocycles. The van der Waals surface area contributed by atoms with Crippen molar-refractivity contribution in [1.82, 2.24) is 5.32 Å². The van der Waals surface area contributed by atoms with E-state index in [1.807, 2.05) is 0 Å². The van der Waals surface area contributed by atoms with Gasteiger partial charge in [0.05, 0.1) is 7.11 Å². The number of carbonyl (C=O) groups is 1. The molecule has 1 rings (SSSR count). The van der Waals surface area contributed by atoms with Crippen LogP contribution in [0.5, 0.6) is 0 Å². The van der Waals surface area contributed by atoms with Gasteiger partial charge in [0.1, 0.15) is 6.04 Å². The Kier molecular flexibility index (Phi) is 6.84. The number of methoxy groups -OCH3 is 1. The van der Waals surface area contributed by atoms with Gasteiger partial charge in [-0.3, -0.25) is 4.79 Å². The SMILES string of the molecule is CCC(C)C(NC1CCCCC1C(C)C)C(=O)OC. The number of hydrogen-bond acceptors (Lipinski definition) is 3. The van der Waals surface area contributed by atoms with Gasteiger partial charge in [-0.15, -0.1) is 0 Å². The predicted octanol–water partition coefficient (Wildman–Crippen LogP) is 3.38. The summed E-state index contributed by atoms with van der Waals surface area (Å²) in [4.78, 5) is 12.0. The lowest BCUT2D eigenvalue weighted by molar-refractivity contribution is -0.145. The van der Waals surface area contributed by atoms with Crippen LogP contribution in [-0.4, -0.2) is 25.2 Å². The van der Waals surface area contributed by atoms with E-state index in [-0.39, 0.29) is 12.0 Å². The van der Waals surface area contributed by atoms with Crippen LogP contribution in [0.25, 0.3) is 0 Å². The van der Waals surface area contributed by atoms with Gasteiger partial charge in [-0.2, -0.15) is 0 Å². The molecule has 0 saturated heterocycles. The summed E-state index contributed by atoms with van der Waals surface area (Å²) in [6.45, 7) is 8.84. The molecule has 4 atom stereocenters. The number of esters is 1. The Morgan fingerprint density at radius 3 is 2.42 bits per heavy atom. The molecule has 0 amide bonds. The molecule has 0 aliphatic heterocycles. The van der Waals surface area contributed by atoms with Crippen molar-refractivity contribution in [3.8, 4) is 0 Å². The lowest BCUT2D eigenvalue weighted by Crippen LogP contribution is -2.52. The second-order valence-electron chi connectivity index (χ2n) is 6.35. The number of hydrogen-bond donors (Lipinski definition) is 1. The van der Waals surface area contributed by atoms with E-state index in [4.69, 9.17) is 4.74 Å². The van der Waals surface area contributed by atoms with Crippen molar-refractivity contribution >= 4 is 5.97 Å². The second kappa shape index (κ2) is 7.88. The second-order valence-corrected chi connectivity index (χ2v) is 6.35. The highest BCUT2D eigenvalue weighted by Gasteiger charge is 2.33. The van der Waals surface area contributed by atoms with Gasteiger partial charge < -0.3 is 10.1 Å². The van der Waals surface area contributed by atoms with E-state index in [0.717, 1.165) is 6.42 Å². The third-order valence-corrected chi connectivity index (χ3v) is 4.74. The van der Waals surface area contributed by atoms with Crippen LogP contribution in [0.2, 0.25) is 0 Å². The highest BCUT2D eigenvalue weighted by molar-refractivity contribution is 5.76. The molecule has 0 heterocycles. The standard InChI is InChI=1S/C16H31NO2/c1-6-12(4)15(16(18)19-5)17-14-10-8-7-9-13(14)11(2)3/h11-15,17H,6-10H2,1-5H3. The van der Waals surface area contributed by atoms with E-state index < -0.39 is 0 Å². The summed E-state index contributed by atoms with van der Waals surface area (Å²) in [5.74, 6) is 1.57. The van der Waals surface area contributed by atoms with Crippen molar-refractivity contribution in [3.63, 3.8) is 0 Å². The largest absolute Gasteiger partial charge is 0.468 e. The van der Waals surface area contributed by atoms with Crippen LogP contribution in [0.15, 0.2) is 0 Å². The molecule has 0 spiro atoms. The van der Waals surface area contributed by atoms with Crippen LogP contribution in [0, 0.1) is 17.8 Å². The minimum Gasteiger partial charge on any atom is -0.468 e. The fraction of sp³-hybridized carbons (Fsp3) is 0.938. The number of rotatable bonds is 6. The predicted molar refractivity (Wildman–Crippen MR) is 79.0 cm³/mol. The average Bonchev–Trinajstić information content (AvgIpc) is 2.43. The Hall–Kier alpha value is -0.570. The van der Waals surface area contributed by atoms with Gasteiger partial charge >= 0.3 is 5.97 Å². The number of ether oxygens (including phenoxy) is 1. The van der Waals surface area contributed by atoms with Crippen molar-refractivity contribution in [3.05, 3.63) is 0 Å². The number of carbonyl (C=O) groups excluding carboxylic acids is 1. The molecular formula is C16H31NO2. The van der Waals surface area contributed by atoms with Gasteiger partial charge in [-0.05, 0) is 30.6 Å². The summed E-state index contributed by atoms with van der Waals surface area (Å²) in [5.41, 5.74) is 0. The maximum absolute atomic E-state index is 12.0. The van der Waals surface area contributed by atoms with Crippen molar-refractivity contribution < 1.29 is 9.53 Å². The summed E-state index contributed by atoms with van der Waals surface area (Å²) < 4.78 is 4.97. The molecule has 1 aliphatic carbocycles. The maximum atomic E-state index is 12.0. The third kappa shape index (κ3) is 4.48. The minimum atomic E-state index is -0.153. The molecule has 0 aromatic heterocycles. The third-order valence-electron chi connectivity index (χ3n) is 4.74. The highest BCUT2D eigenvalue weighted by Crippen LogP contribution is 2.31. The molecule has 112 valence electrons. The van der Waals surface area contributed by atoms with E-state index in [1.54, 1.807) is 0 Å². The Balaban J connectivity index is 2.72. The molecule has 0 bridgehead atoms. The smallest absolute Gasteiger partial charge is 0.323 e. The Morgan fingerprint density at radius 2 is 1.89 bits per heavy atom. The van der Waals surface area contributed by atoms with Gasteiger partial charge in [0.25, 0.3) is 0 Å². The zero-order valence-corrected chi connectivity index (χ0v) is 13.2. The first-order valence-electron chi connectivity index (χ1n) is 7.85. The van der Waals surface area contributed by atoms with Gasteiger partial charge in [-0.25, -0.2) is 0 Å². The fourth-order valence-corrected chi connectivity index (χ4v) is 3.22. The molecule has 1 saturated carbocycles. The maximum Gasteiger partial charge on any atom is 0.323 e. The van der Waals surface area contributed by atoms with Crippen LogP contribution >= 0.6 is 0 Å². The van der Waals surface area contributed by atoms with E-state index in [2.05, 4.69) is 33.0 Å². The normalized spacial score (nSPS) is 27.1. The molecule has 1 aliphatic rings. The lowest BCUT2D eigenvalue weighted by atomic mass is 9.77. The zero-order chi connectivity index (χ0) is 14.4. The average molecular weight is 269 g/mol. The van der Waals surface area contributed by atoms with Gasteiger partial charge in [0.15, 0.2) is 0 Å². The molecule has 1 N–H and O–H groups in total. The van der Waals surface area contributed by atoms with Crippen molar-refractivity contribution in [1.29, 1.82) is 0 Å². The van der Waals surface area contributed by atoms with Crippen molar-refractivity contribution in [2.45, 2.75) is 71.9 Å². The molecule has 4 unspecified atom stereocenters. The topological polar surface area (TPSA) is 38.3 Å². The summed E-state index contributed by atoms with van der Waals surface area (Å²) >= 11 is 0. The zero-order valence-electron chi connectivity index (χ0n) is 13.2. The van der Waals surface area contributed by atoms with Gasteiger partial charge in [-0.1, -0.05) is 47.0 Å². The molecule has 0 aromatic rings. The molecular weight excluding hydrogens is 238 g/mol. The molecule has 0 radical (unpaired) electrons. The quantitative estimate of drug-likeness (QED) is 0.751. The van der Waals surface area contributed by atoms with E-state index in [9.17, 15) is 4.79 Å². The fourth-order valence-electron chi connectivity index (χ4n) is 3.22. The minimum absolute atomic E-state index is 0.109. The lowest BCUT2D eigenvalue weighted by Gasteiger charge is -2.38. The van der Waals surface area contributed by atoms with E-state index in [0.29, 0.717) is 23.8 Å². The van der Waals surface area contributed by atoms with Gasteiger partial charge in [0.2, 0.25) is 0 Å². The monoisotopic (exact) mass is 269 g/mol. The molecule has 19 heavy (non-hydrogen) atoms. The van der Waals surface area contributed by atoms with Crippen LogP contribution in [0.1, 0.15) is 59.8 Å². The van der Waals surface area contributed by atoms with Crippen molar-refractivity contribution in [2.24, 2.45) is 17.8 Å². The summed E-state index contributed by atoms with van der Waals surface area (Å²) in [6, 6.07) is 0.311. The number of nitrogens with one attached hydrogen (secondary N) is 1. The highest BCUT2D eigenvalue weighted by atomic mass is 16.5. The van der Waals surface area contributed by atoms with E-state index in [1.165, 1.54) is 32.8 Å². The molecule has 1 fully saturated rings. The Morgan fingerprint density at radius 1 is 1.26 bits per heavy atom. The summed E-state index contributed by atoms with van der Waals surface area (Å²) in [5, 5.41) is 3.61. The van der Waals surface area contributed by atoms with Crippen LogP contribution in [0.3, 0.4) is 0 Å². The first-order chi connectivity index (χ1) is 9.01. The first-order valence-corrected chi connectivity index (χ1v) is 7.85. The van der Waals surface area contributed by atoms with E-state index >= 15 is 0 Å². The molecule has 3 nitrogen and oxygen atoms in total. The van der Waals surface area contributed by atoms with Crippen LogP contribution < -0.4 is 5.32 Å². The Labute approximate surface area is 118 Å². The first kappa shape index (κ1) is 16.5. The van der Waals surface area contributed by atoms with Crippen LogP contribution in [0.4, 0.5) is 0 Å². The van der Waals surface area contributed by atoms with Crippen LogP contribution in [-0.2, 0) is 9.53 Å². The molecule has 3 heteroatoms. The van der Waals surface area contributed by atoms with Gasteiger partial charge in [0, 0.05) is 6.04 Å².